The van der Waals surface area contributed by atoms with E-state index in [1.807, 2.05) is 43.3 Å². The van der Waals surface area contributed by atoms with Gasteiger partial charge in [0.1, 0.15) is 17.2 Å². The van der Waals surface area contributed by atoms with Crippen molar-refractivity contribution in [3.63, 3.8) is 0 Å². The van der Waals surface area contributed by atoms with Crippen LogP contribution in [-0.2, 0) is 4.79 Å². The van der Waals surface area contributed by atoms with Crippen LogP contribution in [0.5, 0.6) is 0 Å². The Morgan fingerprint density at radius 3 is 2.50 bits per heavy atom. The third-order valence-electron chi connectivity index (χ3n) is 5.10. The minimum absolute atomic E-state index is 0.0156. The number of carbonyl (C=O) groups is 2. The van der Waals surface area contributed by atoms with Crippen molar-refractivity contribution in [1.82, 2.24) is 10.2 Å². The zero-order valence-electron chi connectivity index (χ0n) is 14.8. The van der Waals surface area contributed by atoms with Gasteiger partial charge in [0.05, 0.1) is 0 Å². The summed E-state index contributed by atoms with van der Waals surface area (Å²) in [7, 11) is 0. The molecule has 0 radical (unpaired) electrons. The Morgan fingerprint density at radius 2 is 1.77 bits per heavy atom. The molecule has 1 N–H and O–H groups in total. The van der Waals surface area contributed by atoms with Crippen LogP contribution in [0, 0.1) is 6.92 Å². The maximum absolute atomic E-state index is 12.7. The second-order valence-electron chi connectivity index (χ2n) is 7.02. The van der Waals surface area contributed by atoms with Gasteiger partial charge >= 0.3 is 6.03 Å². The Balaban J connectivity index is 1.54. The topological polar surface area (TPSA) is 62.6 Å². The van der Waals surface area contributed by atoms with Crippen LogP contribution in [0.3, 0.4) is 0 Å². The second kappa shape index (κ2) is 6.83. The summed E-state index contributed by atoms with van der Waals surface area (Å²) in [5.74, 6) is 1.03. The molecule has 0 spiro atoms. The summed E-state index contributed by atoms with van der Waals surface area (Å²) in [5, 5.41) is 2.69. The number of nitrogens with one attached hydrogen (secondary N) is 1. The summed E-state index contributed by atoms with van der Waals surface area (Å²) in [6.45, 7) is 2.04. The maximum Gasteiger partial charge on any atom is 0.329 e. The van der Waals surface area contributed by atoms with Crippen molar-refractivity contribution < 1.29 is 14.0 Å². The highest BCUT2D eigenvalue weighted by molar-refractivity contribution is 6.14. The molecule has 4 rings (SSSR count). The van der Waals surface area contributed by atoms with Crippen molar-refractivity contribution in [3.8, 4) is 11.3 Å². The van der Waals surface area contributed by atoms with E-state index in [2.05, 4.69) is 5.32 Å². The molecule has 2 aromatic rings. The zero-order chi connectivity index (χ0) is 18.1. The Bertz CT molecular complexity index is 858. The Morgan fingerprint density at radius 1 is 1.04 bits per heavy atom. The molecule has 0 atom stereocenters. The first-order chi connectivity index (χ1) is 12.6. The van der Waals surface area contributed by atoms with Crippen molar-refractivity contribution >= 4 is 18.0 Å². The summed E-state index contributed by atoms with van der Waals surface area (Å²) >= 11 is 0. The molecule has 1 aromatic heterocycles. The third kappa shape index (κ3) is 3.17. The van der Waals surface area contributed by atoms with Crippen LogP contribution in [0.2, 0.25) is 0 Å². The lowest BCUT2D eigenvalue weighted by Crippen LogP contribution is -2.41. The van der Waals surface area contributed by atoms with Gasteiger partial charge in [0.2, 0.25) is 0 Å². The summed E-state index contributed by atoms with van der Waals surface area (Å²) in [4.78, 5) is 26.3. The average Bonchev–Trinajstić information content (AvgIpc) is 3.21. The van der Waals surface area contributed by atoms with E-state index in [-0.39, 0.29) is 23.7 Å². The summed E-state index contributed by atoms with van der Waals surface area (Å²) < 4.78 is 5.84. The molecule has 2 aliphatic rings. The quantitative estimate of drug-likeness (QED) is 0.656. The van der Waals surface area contributed by atoms with E-state index in [4.69, 9.17) is 4.42 Å². The smallest absolute Gasteiger partial charge is 0.329 e. The first-order valence-corrected chi connectivity index (χ1v) is 9.15. The van der Waals surface area contributed by atoms with Crippen LogP contribution in [0.4, 0.5) is 4.79 Å². The van der Waals surface area contributed by atoms with Crippen molar-refractivity contribution in [1.29, 1.82) is 0 Å². The lowest BCUT2D eigenvalue weighted by Gasteiger charge is -2.28. The number of rotatable bonds is 3. The Hall–Kier alpha value is -2.82. The molecule has 1 saturated carbocycles. The van der Waals surface area contributed by atoms with Gasteiger partial charge in [-0.15, -0.1) is 0 Å². The standard InChI is InChI=1S/C21H22N2O3/c1-14-7-9-15(10-8-14)19-12-11-17(26-19)13-18-20(24)23(21(25)22-18)16-5-3-2-4-6-16/h7-13,16H,2-6H2,1H3,(H,22,25). The van der Waals surface area contributed by atoms with E-state index in [9.17, 15) is 9.59 Å². The fraction of sp³-hybridized carbons (Fsp3) is 0.333. The number of furan rings is 1. The molecule has 1 aliphatic heterocycles. The van der Waals surface area contributed by atoms with E-state index < -0.39 is 0 Å². The van der Waals surface area contributed by atoms with Gasteiger partial charge in [-0.25, -0.2) is 4.79 Å². The number of aryl methyl sites for hydroxylation is 1. The van der Waals surface area contributed by atoms with Gasteiger partial charge in [0.15, 0.2) is 0 Å². The zero-order valence-corrected chi connectivity index (χ0v) is 14.8. The molecular weight excluding hydrogens is 328 g/mol. The van der Waals surface area contributed by atoms with Crippen LogP contribution < -0.4 is 5.32 Å². The SMILES string of the molecule is Cc1ccc(-c2ccc(C=C3NC(=O)N(C4CCCCC4)C3=O)o2)cc1. The number of hydrogen-bond donors (Lipinski definition) is 1. The van der Waals surface area contributed by atoms with Crippen molar-refractivity contribution in [2.75, 3.05) is 0 Å². The molecule has 0 bridgehead atoms. The molecule has 3 amide bonds. The number of hydrogen-bond acceptors (Lipinski definition) is 3. The minimum atomic E-state index is -0.321. The summed E-state index contributed by atoms with van der Waals surface area (Å²) in [5.41, 5.74) is 2.45. The van der Waals surface area contributed by atoms with Gasteiger partial charge in [-0.2, -0.15) is 0 Å². The van der Waals surface area contributed by atoms with E-state index in [0.717, 1.165) is 37.0 Å². The van der Waals surface area contributed by atoms with Crippen LogP contribution in [-0.4, -0.2) is 22.9 Å². The predicted octanol–water partition coefficient (Wildman–Crippen LogP) is 4.48. The number of urea groups is 1. The predicted molar refractivity (Wildman–Crippen MR) is 99.1 cm³/mol. The molecule has 1 aromatic carbocycles. The normalized spacial score (nSPS) is 20.0. The Labute approximate surface area is 152 Å². The second-order valence-corrected chi connectivity index (χ2v) is 7.02. The number of benzene rings is 1. The van der Waals surface area contributed by atoms with E-state index in [1.54, 1.807) is 6.08 Å². The first kappa shape index (κ1) is 16.6. The number of carbonyl (C=O) groups excluding carboxylic acids is 2. The van der Waals surface area contributed by atoms with E-state index in [0.29, 0.717) is 5.76 Å². The monoisotopic (exact) mass is 350 g/mol. The van der Waals surface area contributed by atoms with Crippen LogP contribution in [0.1, 0.15) is 43.4 Å². The largest absolute Gasteiger partial charge is 0.457 e. The van der Waals surface area contributed by atoms with E-state index >= 15 is 0 Å². The van der Waals surface area contributed by atoms with E-state index in [1.165, 1.54) is 16.9 Å². The summed E-state index contributed by atoms with van der Waals surface area (Å²) in [6.07, 6.45) is 6.71. The summed E-state index contributed by atoms with van der Waals surface area (Å²) in [6, 6.07) is 11.4. The maximum atomic E-state index is 12.7. The fourth-order valence-electron chi connectivity index (χ4n) is 3.67. The average molecular weight is 350 g/mol. The van der Waals surface area contributed by atoms with Crippen LogP contribution in [0.15, 0.2) is 46.5 Å². The van der Waals surface area contributed by atoms with Gasteiger partial charge < -0.3 is 9.73 Å². The third-order valence-corrected chi connectivity index (χ3v) is 5.10. The highest BCUT2D eigenvalue weighted by atomic mass is 16.3. The number of amides is 3. The fourth-order valence-corrected chi connectivity index (χ4v) is 3.67. The van der Waals surface area contributed by atoms with Crippen LogP contribution in [0.25, 0.3) is 17.4 Å². The van der Waals surface area contributed by atoms with Gasteiger partial charge in [-0.1, -0.05) is 49.1 Å². The lowest BCUT2D eigenvalue weighted by molar-refractivity contribution is -0.124. The molecule has 5 nitrogen and oxygen atoms in total. The molecule has 5 heteroatoms. The molecule has 2 fully saturated rings. The molecule has 0 unspecified atom stereocenters. The highest BCUT2D eigenvalue weighted by Crippen LogP contribution is 2.28. The van der Waals surface area contributed by atoms with Gasteiger partial charge in [0, 0.05) is 17.7 Å². The highest BCUT2D eigenvalue weighted by Gasteiger charge is 2.39. The van der Waals surface area contributed by atoms with Crippen LogP contribution >= 0.6 is 0 Å². The molecule has 1 aliphatic carbocycles. The van der Waals surface area contributed by atoms with Crippen molar-refractivity contribution in [3.05, 3.63) is 53.4 Å². The first-order valence-electron chi connectivity index (χ1n) is 9.15. The minimum Gasteiger partial charge on any atom is -0.457 e. The van der Waals surface area contributed by atoms with Gasteiger partial charge in [-0.3, -0.25) is 9.69 Å². The molecule has 2 heterocycles. The number of nitrogens with zero attached hydrogens (tertiary/aromatic N) is 1. The number of imide groups is 1. The molecule has 134 valence electrons. The van der Waals surface area contributed by atoms with Crippen molar-refractivity contribution in [2.24, 2.45) is 0 Å². The molecular formula is C21H22N2O3. The van der Waals surface area contributed by atoms with Crippen molar-refractivity contribution in [2.45, 2.75) is 45.1 Å². The molecule has 1 saturated heterocycles. The van der Waals surface area contributed by atoms with Gasteiger partial charge in [-0.05, 0) is 31.9 Å². The molecule has 26 heavy (non-hydrogen) atoms. The van der Waals surface area contributed by atoms with Gasteiger partial charge in [0.25, 0.3) is 5.91 Å². The lowest BCUT2D eigenvalue weighted by atomic mass is 9.94. The Kier molecular flexibility index (Phi) is 4.37.